The molecule has 23 heavy (non-hydrogen) atoms. The SMILES string of the molecule is COc1cc(B2OC(C)(C)C(C)(C)O2)cc(N2CCOCC2)c1. The van der Waals surface area contributed by atoms with Crippen LogP contribution in [0.25, 0.3) is 0 Å². The van der Waals surface area contributed by atoms with Gasteiger partial charge < -0.3 is 23.7 Å². The normalized spacial score (nSPS) is 23.2. The Morgan fingerprint density at radius 2 is 1.61 bits per heavy atom. The van der Waals surface area contributed by atoms with E-state index in [9.17, 15) is 0 Å². The van der Waals surface area contributed by atoms with Crippen LogP contribution in [-0.4, -0.2) is 51.7 Å². The van der Waals surface area contributed by atoms with Gasteiger partial charge in [-0.1, -0.05) is 0 Å². The van der Waals surface area contributed by atoms with Gasteiger partial charge in [-0.15, -0.1) is 0 Å². The zero-order chi connectivity index (χ0) is 16.7. The van der Waals surface area contributed by atoms with Crippen molar-refractivity contribution in [2.45, 2.75) is 38.9 Å². The Morgan fingerprint density at radius 3 is 2.17 bits per heavy atom. The topological polar surface area (TPSA) is 40.2 Å². The van der Waals surface area contributed by atoms with Crippen molar-refractivity contribution in [3.8, 4) is 5.75 Å². The van der Waals surface area contributed by atoms with Crippen LogP contribution in [0.3, 0.4) is 0 Å². The van der Waals surface area contributed by atoms with Crippen LogP contribution in [0, 0.1) is 0 Å². The molecule has 2 heterocycles. The number of benzene rings is 1. The van der Waals surface area contributed by atoms with Crippen molar-refractivity contribution in [3.05, 3.63) is 18.2 Å². The summed E-state index contributed by atoms with van der Waals surface area (Å²) in [7, 11) is 1.31. The number of ether oxygens (including phenoxy) is 2. The lowest BCUT2D eigenvalue weighted by Crippen LogP contribution is -2.41. The molecule has 1 aromatic rings. The first-order valence-corrected chi connectivity index (χ1v) is 8.20. The molecule has 0 unspecified atom stereocenters. The van der Waals surface area contributed by atoms with Crippen molar-refractivity contribution in [3.63, 3.8) is 0 Å². The van der Waals surface area contributed by atoms with Crippen LogP contribution in [0.4, 0.5) is 5.69 Å². The fraction of sp³-hybridized carbons (Fsp3) is 0.647. The number of hydrogen-bond donors (Lipinski definition) is 0. The quantitative estimate of drug-likeness (QED) is 0.795. The molecule has 0 N–H and O–H groups in total. The van der Waals surface area contributed by atoms with Crippen LogP contribution >= 0.6 is 0 Å². The van der Waals surface area contributed by atoms with Gasteiger partial charge in [-0.2, -0.15) is 0 Å². The van der Waals surface area contributed by atoms with Gasteiger partial charge in [0.1, 0.15) is 5.75 Å². The molecule has 0 amide bonds. The highest BCUT2D eigenvalue weighted by molar-refractivity contribution is 6.62. The van der Waals surface area contributed by atoms with Gasteiger partial charge in [-0.3, -0.25) is 0 Å². The Morgan fingerprint density at radius 1 is 1.00 bits per heavy atom. The molecule has 0 atom stereocenters. The second-order valence-electron chi connectivity index (χ2n) is 7.15. The lowest BCUT2D eigenvalue weighted by atomic mass is 9.78. The molecule has 2 fully saturated rings. The summed E-state index contributed by atoms with van der Waals surface area (Å²) in [4.78, 5) is 2.31. The number of methoxy groups -OCH3 is 1. The molecule has 0 bridgehead atoms. The van der Waals surface area contributed by atoms with Gasteiger partial charge in [-0.25, -0.2) is 0 Å². The lowest BCUT2D eigenvalue weighted by Gasteiger charge is -2.32. The summed E-state index contributed by atoms with van der Waals surface area (Å²) in [6, 6.07) is 6.18. The highest BCUT2D eigenvalue weighted by Gasteiger charge is 2.51. The number of nitrogens with zero attached hydrogens (tertiary/aromatic N) is 1. The van der Waals surface area contributed by atoms with E-state index in [1.54, 1.807) is 7.11 Å². The molecule has 1 aromatic carbocycles. The Labute approximate surface area is 139 Å². The molecule has 126 valence electrons. The Hall–Kier alpha value is -1.24. The molecule has 2 aliphatic heterocycles. The van der Waals surface area contributed by atoms with E-state index < -0.39 is 0 Å². The highest BCUT2D eigenvalue weighted by Crippen LogP contribution is 2.37. The fourth-order valence-electron chi connectivity index (χ4n) is 2.84. The highest BCUT2D eigenvalue weighted by atomic mass is 16.7. The second kappa shape index (κ2) is 6.00. The average molecular weight is 319 g/mol. The lowest BCUT2D eigenvalue weighted by molar-refractivity contribution is 0.00578. The third-order valence-electron chi connectivity index (χ3n) is 5.05. The molecular formula is C17H26BNO4. The Bertz CT molecular complexity index is 554. The van der Waals surface area contributed by atoms with E-state index in [1.807, 2.05) is 6.07 Å². The standard InChI is InChI=1S/C17H26BNO4/c1-16(2)17(3,4)23-18(22-16)13-10-14(12-15(11-13)20-5)19-6-8-21-9-7-19/h10-12H,6-9H2,1-5H3. The van der Waals surface area contributed by atoms with Crippen molar-refractivity contribution in [1.82, 2.24) is 0 Å². The predicted molar refractivity (Wildman–Crippen MR) is 91.7 cm³/mol. The van der Waals surface area contributed by atoms with Gasteiger partial charge >= 0.3 is 7.12 Å². The molecule has 3 rings (SSSR count). The predicted octanol–water partition coefficient (Wildman–Crippen LogP) is 1.83. The molecule has 0 aliphatic carbocycles. The van der Waals surface area contributed by atoms with Crippen molar-refractivity contribution in [2.24, 2.45) is 0 Å². The minimum absolute atomic E-state index is 0.347. The van der Waals surface area contributed by atoms with Crippen molar-refractivity contribution in [1.29, 1.82) is 0 Å². The van der Waals surface area contributed by atoms with Crippen LogP contribution in [0.1, 0.15) is 27.7 Å². The summed E-state index contributed by atoms with van der Waals surface area (Å²) < 4.78 is 23.3. The molecule has 0 spiro atoms. The number of anilines is 1. The van der Waals surface area contributed by atoms with Gasteiger partial charge in [0.25, 0.3) is 0 Å². The van der Waals surface area contributed by atoms with Gasteiger partial charge in [-0.05, 0) is 45.3 Å². The minimum Gasteiger partial charge on any atom is -0.497 e. The molecule has 0 saturated carbocycles. The van der Waals surface area contributed by atoms with Gasteiger partial charge in [0.15, 0.2) is 0 Å². The monoisotopic (exact) mass is 319 g/mol. The van der Waals surface area contributed by atoms with E-state index in [-0.39, 0.29) is 18.3 Å². The largest absolute Gasteiger partial charge is 0.497 e. The zero-order valence-electron chi connectivity index (χ0n) is 14.7. The van der Waals surface area contributed by atoms with E-state index in [4.69, 9.17) is 18.8 Å². The number of rotatable bonds is 3. The average Bonchev–Trinajstić information content (AvgIpc) is 2.76. The summed E-state index contributed by atoms with van der Waals surface area (Å²) in [5.41, 5.74) is 1.42. The molecule has 5 nitrogen and oxygen atoms in total. The van der Waals surface area contributed by atoms with Crippen LogP contribution in [-0.2, 0) is 14.0 Å². The van der Waals surface area contributed by atoms with Crippen molar-refractivity contribution in [2.75, 3.05) is 38.3 Å². The summed E-state index contributed by atoms with van der Waals surface area (Å²) >= 11 is 0. The van der Waals surface area contributed by atoms with Gasteiger partial charge in [0.2, 0.25) is 0 Å². The third kappa shape index (κ3) is 3.20. The van der Waals surface area contributed by atoms with E-state index in [2.05, 4.69) is 44.7 Å². The summed E-state index contributed by atoms with van der Waals surface area (Å²) in [5, 5.41) is 0. The van der Waals surface area contributed by atoms with Crippen molar-refractivity contribution >= 4 is 18.3 Å². The van der Waals surface area contributed by atoms with Gasteiger partial charge in [0, 0.05) is 24.8 Å². The smallest absolute Gasteiger partial charge is 0.495 e. The molecule has 0 aromatic heterocycles. The van der Waals surface area contributed by atoms with Gasteiger partial charge in [0.05, 0.1) is 31.5 Å². The molecule has 6 heteroatoms. The fourth-order valence-corrected chi connectivity index (χ4v) is 2.84. The Balaban J connectivity index is 1.90. The first kappa shape index (κ1) is 16.6. The first-order valence-electron chi connectivity index (χ1n) is 8.20. The molecule has 0 radical (unpaired) electrons. The summed E-state index contributed by atoms with van der Waals surface area (Å²) in [5.74, 6) is 0.818. The third-order valence-corrected chi connectivity index (χ3v) is 5.05. The maximum Gasteiger partial charge on any atom is 0.495 e. The minimum atomic E-state index is -0.380. The van der Waals surface area contributed by atoms with Crippen LogP contribution in [0.15, 0.2) is 18.2 Å². The molecule has 2 saturated heterocycles. The zero-order valence-corrected chi connectivity index (χ0v) is 14.7. The molecule has 2 aliphatic rings. The van der Waals surface area contributed by atoms with Crippen LogP contribution < -0.4 is 15.1 Å². The van der Waals surface area contributed by atoms with E-state index in [0.717, 1.165) is 43.2 Å². The van der Waals surface area contributed by atoms with E-state index in [1.165, 1.54) is 0 Å². The summed E-state index contributed by atoms with van der Waals surface area (Å²) in [6.07, 6.45) is 0. The maximum absolute atomic E-state index is 6.17. The molecular weight excluding hydrogens is 293 g/mol. The number of morpholine rings is 1. The Kier molecular flexibility index (Phi) is 4.34. The second-order valence-corrected chi connectivity index (χ2v) is 7.15. The van der Waals surface area contributed by atoms with E-state index >= 15 is 0 Å². The first-order chi connectivity index (χ1) is 10.8. The van der Waals surface area contributed by atoms with Crippen LogP contribution in [0.2, 0.25) is 0 Å². The number of hydrogen-bond acceptors (Lipinski definition) is 5. The van der Waals surface area contributed by atoms with Crippen molar-refractivity contribution < 1.29 is 18.8 Å². The van der Waals surface area contributed by atoms with E-state index in [0.29, 0.717) is 0 Å². The maximum atomic E-state index is 6.17. The van der Waals surface area contributed by atoms with Crippen LogP contribution in [0.5, 0.6) is 5.75 Å². The summed E-state index contributed by atoms with van der Waals surface area (Å²) in [6.45, 7) is 11.5.